The van der Waals surface area contributed by atoms with Crippen molar-refractivity contribution in [1.29, 1.82) is 0 Å². The molecule has 1 aliphatic heterocycles. The third-order valence-corrected chi connectivity index (χ3v) is 4.26. The molecule has 0 spiro atoms. The number of hydrogen-bond donors (Lipinski definition) is 1. The smallest absolute Gasteiger partial charge is 0.231 e. The zero-order chi connectivity index (χ0) is 16.0. The predicted octanol–water partition coefficient (Wildman–Crippen LogP) is 1.52. The maximum atomic E-state index is 12.1. The van der Waals surface area contributed by atoms with Crippen LogP contribution in [0.2, 0.25) is 0 Å². The molecule has 0 aliphatic carbocycles. The molecule has 6 heteroatoms. The van der Waals surface area contributed by atoms with Crippen molar-refractivity contribution in [1.82, 2.24) is 14.5 Å². The molecule has 116 valence electrons. The Bertz CT molecular complexity index is 902. The van der Waals surface area contributed by atoms with E-state index in [0.29, 0.717) is 13.0 Å². The maximum Gasteiger partial charge on any atom is 0.231 e. The van der Waals surface area contributed by atoms with Crippen molar-refractivity contribution >= 4 is 22.6 Å². The van der Waals surface area contributed by atoms with Gasteiger partial charge < -0.3 is 14.6 Å². The van der Waals surface area contributed by atoms with Crippen LogP contribution in [0.1, 0.15) is 5.56 Å². The molecule has 3 heterocycles. The lowest BCUT2D eigenvalue weighted by molar-refractivity contribution is -0.117. The van der Waals surface area contributed by atoms with Crippen molar-refractivity contribution in [2.24, 2.45) is 7.05 Å². The van der Waals surface area contributed by atoms with Crippen LogP contribution in [0.4, 0.5) is 5.69 Å². The number of benzene rings is 1. The van der Waals surface area contributed by atoms with Gasteiger partial charge in [0.05, 0.1) is 24.1 Å². The summed E-state index contributed by atoms with van der Waals surface area (Å²) in [5, 5.41) is 9.16. The molecule has 1 amide bonds. The summed E-state index contributed by atoms with van der Waals surface area (Å²) in [6, 6.07) is 7.82. The Morgan fingerprint density at radius 3 is 2.96 bits per heavy atom. The van der Waals surface area contributed by atoms with E-state index in [1.165, 1.54) is 0 Å². The Kier molecular flexibility index (Phi) is 3.12. The van der Waals surface area contributed by atoms with Crippen LogP contribution in [-0.2, 0) is 18.3 Å². The van der Waals surface area contributed by atoms with Crippen molar-refractivity contribution < 1.29 is 9.90 Å². The molecule has 1 aliphatic rings. The molecule has 23 heavy (non-hydrogen) atoms. The Balaban J connectivity index is 1.88. The number of imidazole rings is 1. The van der Waals surface area contributed by atoms with E-state index in [1.54, 1.807) is 17.3 Å². The van der Waals surface area contributed by atoms with Crippen molar-refractivity contribution in [3.63, 3.8) is 0 Å². The van der Waals surface area contributed by atoms with Crippen molar-refractivity contribution in [3.05, 3.63) is 42.2 Å². The van der Waals surface area contributed by atoms with Crippen LogP contribution in [0, 0.1) is 0 Å². The zero-order valence-corrected chi connectivity index (χ0v) is 12.7. The average molecular weight is 308 g/mol. The van der Waals surface area contributed by atoms with Crippen LogP contribution in [0.3, 0.4) is 0 Å². The summed E-state index contributed by atoms with van der Waals surface area (Å²) in [6.45, 7) is 0.270. The first kappa shape index (κ1) is 13.9. The zero-order valence-electron chi connectivity index (χ0n) is 12.7. The van der Waals surface area contributed by atoms with Gasteiger partial charge in [0, 0.05) is 37.2 Å². The SMILES string of the molecule is Cn1c(-c2cccnc2)nc2cc3c(cc21)CC(=O)N3CCO. The minimum atomic E-state index is -0.0492. The Morgan fingerprint density at radius 2 is 2.22 bits per heavy atom. The van der Waals surface area contributed by atoms with Gasteiger partial charge in [-0.05, 0) is 29.8 Å². The molecule has 0 unspecified atom stereocenters. The molecule has 4 rings (SSSR count). The highest BCUT2D eigenvalue weighted by molar-refractivity contribution is 6.04. The summed E-state index contributed by atoms with van der Waals surface area (Å²) in [5.74, 6) is 0.869. The molecule has 0 fully saturated rings. The highest BCUT2D eigenvalue weighted by Gasteiger charge is 2.28. The van der Waals surface area contributed by atoms with E-state index in [0.717, 1.165) is 33.7 Å². The standard InChI is InChI=1S/C17H16N4O2/c1-20-15-7-12-8-16(23)21(5-6-22)14(12)9-13(15)19-17(20)11-3-2-4-18-10-11/h2-4,7,9-10,22H,5-6,8H2,1H3. The molecule has 0 saturated carbocycles. The average Bonchev–Trinajstić information content (AvgIpc) is 3.04. The fourth-order valence-electron chi connectivity index (χ4n) is 3.15. The van der Waals surface area contributed by atoms with Gasteiger partial charge in [0.1, 0.15) is 5.82 Å². The van der Waals surface area contributed by atoms with Crippen molar-refractivity contribution in [3.8, 4) is 11.4 Å². The summed E-state index contributed by atoms with van der Waals surface area (Å²) in [7, 11) is 1.96. The number of anilines is 1. The van der Waals surface area contributed by atoms with Gasteiger partial charge in [0.15, 0.2) is 0 Å². The molecule has 0 bridgehead atoms. The van der Waals surface area contributed by atoms with Gasteiger partial charge >= 0.3 is 0 Å². The number of hydrogen-bond acceptors (Lipinski definition) is 4. The number of rotatable bonds is 3. The number of amides is 1. The second-order valence-corrected chi connectivity index (χ2v) is 5.65. The van der Waals surface area contributed by atoms with E-state index in [-0.39, 0.29) is 12.5 Å². The van der Waals surface area contributed by atoms with E-state index in [1.807, 2.05) is 35.9 Å². The summed E-state index contributed by atoms with van der Waals surface area (Å²) >= 11 is 0. The molecular formula is C17H16N4O2. The lowest BCUT2D eigenvalue weighted by Crippen LogP contribution is -2.29. The number of carbonyl (C=O) groups excluding carboxylic acids is 1. The highest BCUT2D eigenvalue weighted by Crippen LogP contribution is 2.34. The Morgan fingerprint density at radius 1 is 1.35 bits per heavy atom. The third kappa shape index (κ3) is 2.10. The number of aliphatic hydroxyl groups is 1. The third-order valence-electron chi connectivity index (χ3n) is 4.26. The van der Waals surface area contributed by atoms with Crippen LogP contribution in [0.25, 0.3) is 22.4 Å². The van der Waals surface area contributed by atoms with Crippen molar-refractivity contribution in [2.75, 3.05) is 18.1 Å². The van der Waals surface area contributed by atoms with Crippen LogP contribution in [0.15, 0.2) is 36.7 Å². The van der Waals surface area contributed by atoms with Crippen LogP contribution in [-0.4, -0.2) is 38.7 Å². The van der Waals surface area contributed by atoms with E-state index in [2.05, 4.69) is 4.98 Å². The summed E-state index contributed by atoms with van der Waals surface area (Å²) in [5.41, 5.74) is 4.61. The van der Waals surface area contributed by atoms with E-state index in [9.17, 15) is 4.79 Å². The molecule has 0 atom stereocenters. The lowest BCUT2D eigenvalue weighted by atomic mass is 10.1. The second-order valence-electron chi connectivity index (χ2n) is 5.65. The van der Waals surface area contributed by atoms with Gasteiger partial charge in [-0.25, -0.2) is 4.98 Å². The minimum Gasteiger partial charge on any atom is -0.395 e. The first-order valence-electron chi connectivity index (χ1n) is 7.50. The number of pyridine rings is 1. The van der Waals surface area contributed by atoms with E-state index < -0.39 is 0 Å². The Labute approximate surface area is 133 Å². The maximum absolute atomic E-state index is 12.1. The normalized spacial score (nSPS) is 13.8. The highest BCUT2D eigenvalue weighted by atomic mass is 16.3. The summed E-state index contributed by atoms with van der Waals surface area (Å²) in [4.78, 5) is 22.6. The number of carbonyl (C=O) groups is 1. The molecule has 2 aromatic heterocycles. The van der Waals surface area contributed by atoms with Crippen LogP contribution >= 0.6 is 0 Å². The first-order chi connectivity index (χ1) is 11.2. The monoisotopic (exact) mass is 308 g/mol. The van der Waals surface area contributed by atoms with Gasteiger partial charge in [-0.15, -0.1) is 0 Å². The minimum absolute atomic E-state index is 0.0249. The summed E-state index contributed by atoms with van der Waals surface area (Å²) in [6.07, 6.45) is 3.90. The number of aromatic nitrogens is 3. The number of aryl methyl sites for hydroxylation is 1. The van der Waals surface area contributed by atoms with E-state index in [4.69, 9.17) is 10.1 Å². The number of fused-ring (bicyclic) bond motifs is 2. The predicted molar refractivity (Wildman–Crippen MR) is 87.1 cm³/mol. The molecule has 6 nitrogen and oxygen atoms in total. The molecule has 1 N–H and O–H groups in total. The van der Waals surface area contributed by atoms with Crippen LogP contribution < -0.4 is 4.90 Å². The number of β-amino-alcohol motifs (C(OH)–C–C–N with tert-alkyl or cyclic N) is 1. The fraction of sp³-hybridized carbons (Fsp3) is 0.235. The lowest BCUT2D eigenvalue weighted by Gasteiger charge is -2.15. The molecule has 1 aromatic carbocycles. The molecule has 0 radical (unpaired) electrons. The number of nitrogens with zero attached hydrogens (tertiary/aromatic N) is 4. The Hall–Kier alpha value is -2.73. The van der Waals surface area contributed by atoms with Gasteiger partial charge in [0.25, 0.3) is 0 Å². The fourth-order valence-corrected chi connectivity index (χ4v) is 3.15. The number of aliphatic hydroxyl groups excluding tert-OH is 1. The van der Waals surface area contributed by atoms with Crippen molar-refractivity contribution in [2.45, 2.75) is 6.42 Å². The molecule has 0 saturated heterocycles. The van der Waals surface area contributed by atoms with Gasteiger partial charge in [0.2, 0.25) is 5.91 Å². The van der Waals surface area contributed by atoms with Crippen LogP contribution in [0.5, 0.6) is 0 Å². The largest absolute Gasteiger partial charge is 0.395 e. The summed E-state index contributed by atoms with van der Waals surface area (Å²) < 4.78 is 2.02. The van der Waals surface area contributed by atoms with Gasteiger partial charge in [-0.1, -0.05) is 0 Å². The molecule has 3 aromatic rings. The van der Waals surface area contributed by atoms with Gasteiger partial charge in [-0.2, -0.15) is 0 Å². The first-order valence-corrected chi connectivity index (χ1v) is 7.50. The topological polar surface area (TPSA) is 71.2 Å². The second kappa shape index (κ2) is 5.17. The quantitative estimate of drug-likeness (QED) is 0.796. The van der Waals surface area contributed by atoms with E-state index >= 15 is 0 Å². The molecular weight excluding hydrogens is 292 g/mol. The van der Waals surface area contributed by atoms with Gasteiger partial charge in [-0.3, -0.25) is 9.78 Å².